The van der Waals surface area contributed by atoms with Crippen molar-refractivity contribution in [1.29, 1.82) is 0 Å². The predicted molar refractivity (Wildman–Crippen MR) is 74.9 cm³/mol. The number of hydrogen-bond acceptors (Lipinski definition) is 2. The maximum absolute atomic E-state index is 13.7. The van der Waals surface area contributed by atoms with Crippen LogP contribution in [0, 0.1) is 18.6 Å². The normalized spacial score (nSPS) is 10.4. The van der Waals surface area contributed by atoms with E-state index in [0.717, 1.165) is 12.1 Å². The highest BCUT2D eigenvalue weighted by molar-refractivity contribution is 6.31. The van der Waals surface area contributed by atoms with Crippen molar-refractivity contribution >= 4 is 28.9 Å². The van der Waals surface area contributed by atoms with E-state index in [1.807, 2.05) is 0 Å². The first-order chi connectivity index (χ1) is 9.41. The first-order valence-electron chi connectivity index (χ1n) is 5.71. The third-order valence-corrected chi connectivity index (χ3v) is 3.27. The second kappa shape index (κ2) is 5.46. The van der Waals surface area contributed by atoms with Crippen molar-refractivity contribution in [2.75, 3.05) is 11.1 Å². The van der Waals surface area contributed by atoms with E-state index in [-0.39, 0.29) is 5.69 Å². The van der Waals surface area contributed by atoms with Crippen LogP contribution < -0.4 is 11.1 Å². The van der Waals surface area contributed by atoms with Gasteiger partial charge in [-0.25, -0.2) is 8.78 Å². The molecule has 0 heterocycles. The average Bonchev–Trinajstić information content (AvgIpc) is 2.40. The van der Waals surface area contributed by atoms with Crippen LogP contribution in [0.5, 0.6) is 0 Å². The Bertz CT molecular complexity index is 689. The Kier molecular flexibility index (Phi) is 3.90. The molecule has 3 nitrogen and oxygen atoms in total. The molecule has 0 aliphatic carbocycles. The van der Waals surface area contributed by atoms with Gasteiger partial charge in [-0.3, -0.25) is 4.79 Å². The summed E-state index contributed by atoms with van der Waals surface area (Å²) >= 11 is 5.91. The average molecular weight is 297 g/mol. The largest absolute Gasteiger partial charge is 0.396 e. The standard InChI is InChI=1S/C14H11ClF2N2O/c1-7-8(15)3-2-4-11(7)19-14(20)12-9(16)5-6-10(18)13(12)17/h2-6H,18H2,1H3,(H,19,20). The Balaban J connectivity index is 2.39. The van der Waals surface area contributed by atoms with Crippen molar-refractivity contribution in [3.8, 4) is 0 Å². The summed E-state index contributed by atoms with van der Waals surface area (Å²) in [4.78, 5) is 12.0. The molecule has 104 valence electrons. The minimum absolute atomic E-state index is 0.292. The van der Waals surface area contributed by atoms with E-state index < -0.39 is 23.1 Å². The predicted octanol–water partition coefficient (Wildman–Crippen LogP) is 3.76. The summed E-state index contributed by atoms with van der Waals surface area (Å²) in [6.45, 7) is 1.68. The molecule has 0 saturated carbocycles. The monoisotopic (exact) mass is 296 g/mol. The molecular weight excluding hydrogens is 286 g/mol. The fourth-order valence-electron chi connectivity index (χ4n) is 1.70. The van der Waals surface area contributed by atoms with Gasteiger partial charge in [0.25, 0.3) is 5.91 Å². The minimum Gasteiger partial charge on any atom is -0.396 e. The molecule has 0 atom stereocenters. The lowest BCUT2D eigenvalue weighted by atomic mass is 10.1. The van der Waals surface area contributed by atoms with E-state index in [1.165, 1.54) is 0 Å². The SMILES string of the molecule is Cc1c(Cl)cccc1NC(=O)c1c(F)ccc(N)c1F. The number of nitrogen functional groups attached to an aromatic ring is 1. The Hall–Kier alpha value is -2.14. The zero-order valence-electron chi connectivity index (χ0n) is 10.5. The van der Waals surface area contributed by atoms with Crippen LogP contribution in [-0.4, -0.2) is 5.91 Å². The molecular formula is C14H11ClF2N2O. The number of nitrogens with two attached hydrogens (primary N) is 1. The zero-order valence-corrected chi connectivity index (χ0v) is 11.3. The number of carbonyl (C=O) groups is 1. The molecule has 0 aliphatic heterocycles. The van der Waals surface area contributed by atoms with Crippen LogP contribution >= 0.6 is 11.6 Å². The molecule has 20 heavy (non-hydrogen) atoms. The van der Waals surface area contributed by atoms with E-state index in [9.17, 15) is 13.6 Å². The van der Waals surface area contributed by atoms with E-state index >= 15 is 0 Å². The Morgan fingerprint density at radius 3 is 2.65 bits per heavy atom. The van der Waals surface area contributed by atoms with Crippen molar-refractivity contribution in [2.45, 2.75) is 6.92 Å². The number of rotatable bonds is 2. The summed E-state index contributed by atoms with van der Waals surface area (Å²) in [5.41, 5.74) is 5.30. The number of anilines is 2. The third-order valence-electron chi connectivity index (χ3n) is 2.86. The van der Waals surface area contributed by atoms with E-state index in [2.05, 4.69) is 5.32 Å². The van der Waals surface area contributed by atoms with Gasteiger partial charge in [-0.2, -0.15) is 0 Å². The highest BCUT2D eigenvalue weighted by atomic mass is 35.5. The van der Waals surface area contributed by atoms with Gasteiger partial charge in [-0.1, -0.05) is 17.7 Å². The van der Waals surface area contributed by atoms with E-state index in [0.29, 0.717) is 16.3 Å². The van der Waals surface area contributed by atoms with Gasteiger partial charge in [-0.05, 0) is 36.8 Å². The Morgan fingerprint density at radius 2 is 1.95 bits per heavy atom. The second-order valence-corrected chi connectivity index (χ2v) is 4.60. The number of hydrogen-bond donors (Lipinski definition) is 2. The third kappa shape index (κ3) is 2.58. The highest BCUT2D eigenvalue weighted by Gasteiger charge is 2.20. The van der Waals surface area contributed by atoms with Gasteiger partial charge in [0.1, 0.15) is 11.4 Å². The number of halogens is 3. The van der Waals surface area contributed by atoms with Crippen LogP contribution in [0.15, 0.2) is 30.3 Å². The van der Waals surface area contributed by atoms with Crippen molar-refractivity contribution < 1.29 is 13.6 Å². The molecule has 6 heteroatoms. The van der Waals surface area contributed by atoms with Gasteiger partial charge in [0.15, 0.2) is 5.82 Å². The molecule has 0 spiro atoms. The number of nitrogens with one attached hydrogen (secondary N) is 1. The summed E-state index contributed by atoms with van der Waals surface area (Å²) in [7, 11) is 0. The van der Waals surface area contributed by atoms with Crippen LogP contribution in [0.1, 0.15) is 15.9 Å². The van der Waals surface area contributed by atoms with Gasteiger partial charge in [0.05, 0.1) is 5.69 Å². The molecule has 2 rings (SSSR count). The lowest BCUT2D eigenvalue weighted by Crippen LogP contribution is -2.17. The summed E-state index contributed by atoms with van der Waals surface area (Å²) in [5.74, 6) is -2.98. The lowest BCUT2D eigenvalue weighted by Gasteiger charge is -2.11. The van der Waals surface area contributed by atoms with Crippen molar-refractivity contribution in [3.63, 3.8) is 0 Å². The molecule has 2 aromatic rings. The zero-order chi connectivity index (χ0) is 14.9. The molecule has 0 aromatic heterocycles. The number of amides is 1. The fourth-order valence-corrected chi connectivity index (χ4v) is 1.88. The van der Waals surface area contributed by atoms with Gasteiger partial charge in [0.2, 0.25) is 0 Å². The maximum atomic E-state index is 13.7. The molecule has 0 radical (unpaired) electrons. The molecule has 0 saturated heterocycles. The highest BCUT2D eigenvalue weighted by Crippen LogP contribution is 2.25. The molecule has 1 amide bonds. The summed E-state index contributed by atoms with van der Waals surface area (Å²) < 4.78 is 27.3. The van der Waals surface area contributed by atoms with Crippen LogP contribution in [-0.2, 0) is 0 Å². The van der Waals surface area contributed by atoms with Crippen molar-refractivity contribution in [2.24, 2.45) is 0 Å². The Morgan fingerprint density at radius 1 is 1.25 bits per heavy atom. The first-order valence-corrected chi connectivity index (χ1v) is 6.09. The summed E-state index contributed by atoms with van der Waals surface area (Å²) in [5, 5.41) is 2.86. The quantitative estimate of drug-likeness (QED) is 0.829. The lowest BCUT2D eigenvalue weighted by molar-refractivity contribution is 0.101. The molecule has 0 bridgehead atoms. The molecule has 2 aromatic carbocycles. The second-order valence-electron chi connectivity index (χ2n) is 4.19. The minimum atomic E-state index is -1.08. The van der Waals surface area contributed by atoms with E-state index in [1.54, 1.807) is 25.1 Å². The molecule has 0 aliphatic rings. The number of carbonyl (C=O) groups excluding carboxylic acids is 1. The van der Waals surface area contributed by atoms with Crippen molar-refractivity contribution in [1.82, 2.24) is 0 Å². The Labute approximate surface area is 119 Å². The van der Waals surface area contributed by atoms with Gasteiger partial charge in [-0.15, -0.1) is 0 Å². The van der Waals surface area contributed by atoms with Crippen LogP contribution in [0.25, 0.3) is 0 Å². The fraction of sp³-hybridized carbons (Fsp3) is 0.0714. The summed E-state index contributed by atoms with van der Waals surface area (Å²) in [6.07, 6.45) is 0. The molecule has 0 fully saturated rings. The smallest absolute Gasteiger partial charge is 0.261 e. The van der Waals surface area contributed by atoms with Crippen molar-refractivity contribution in [3.05, 3.63) is 58.1 Å². The summed E-state index contributed by atoms with van der Waals surface area (Å²) in [6, 6.07) is 6.86. The van der Waals surface area contributed by atoms with Gasteiger partial charge in [0, 0.05) is 10.7 Å². The first kappa shape index (κ1) is 14.3. The number of benzene rings is 2. The van der Waals surface area contributed by atoms with Gasteiger partial charge >= 0.3 is 0 Å². The van der Waals surface area contributed by atoms with Gasteiger partial charge < -0.3 is 11.1 Å². The molecule has 0 unspecified atom stereocenters. The van der Waals surface area contributed by atoms with Crippen LogP contribution in [0.3, 0.4) is 0 Å². The topological polar surface area (TPSA) is 55.1 Å². The van der Waals surface area contributed by atoms with Crippen LogP contribution in [0.4, 0.5) is 20.2 Å². The van der Waals surface area contributed by atoms with Crippen LogP contribution in [0.2, 0.25) is 5.02 Å². The maximum Gasteiger partial charge on any atom is 0.261 e. The molecule has 3 N–H and O–H groups in total. The van der Waals surface area contributed by atoms with E-state index in [4.69, 9.17) is 17.3 Å².